The SMILES string of the molecule is CCCN1C(=S)N(CCO)C(=O)/C1=C/C=C1/Oc2ccccc2N1C(=O)OCC. The van der Waals surface area contributed by atoms with Crippen LogP contribution in [0.3, 0.4) is 0 Å². The molecule has 2 heterocycles. The molecule has 0 unspecified atom stereocenters. The maximum absolute atomic E-state index is 12.8. The molecule has 0 radical (unpaired) electrons. The van der Waals surface area contributed by atoms with Crippen LogP contribution < -0.4 is 9.64 Å². The summed E-state index contributed by atoms with van der Waals surface area (Å²) in [5, 5.41) is 9.59. The Labute approximate surface area is 174 Å². The third-order valence-electron chi connectivity index (χ3n) is 4.36. The van der Waals surface area contributed by atoms with Crippen LogP contribution in [0.1, 0.15) is 20.3 Å². The van der Waals surface area contributed by atoms with Crippen LogP contribution in [0.5, 0.6) is 5.75 Å². The van der Waals surface area contributed by atoms with Crippen molar-refractivity contribution in [3.8, 4) is 5.75 Å². The second-order valence-electron chi connectivity index (χ2n) is 6.28. The molecule has 0 bridgehead atoms. The van der Waals surface area contributed by atoms with Gasteiger partial charge in [0, 0.05) is 12.6 Å². The molecule has 2 aliphatic rings. The lowest BCUT2D eigenvalue weighted by atomic mass is 10.3. The molecule has 0 atom stereocenters. The molecule has 9 heteroatoms. The number of thiocarbonyl (C=S) groups is 1. The lowest BCUT2D eigenvalue weighted by molar-refractivity contribution is -0.123. The summed E-state index contributed by atoms with van der Waals surface area (Å²) in [4.78, 5) is 29.6. The van der Waals surface area contributed by atoms with Gasteiger partial charge in [0.15, 0.2) is 10.9 Å². The topological polar surface area (TPSA) is 82.6 Å². The number of nitrogens with zero attached hydrogens (tertiary/aromatic N) is 3. The second-order valence-corrected chi connectivity index (χ2v) is 6.64. The van der Waals surface area contributed by atoms with Gasteiger partial charge in [0.1, 0.15) is 5.70 Å². The monoisotopic (exact) mass is 417 g/mol. The highest BCUT2D eigenvalue weighted by Crippen LogP contribution is 2.39. The number of hydrogen-bond donors (Lipinski definition) is 1. The number of para-hydroxylation sites is 2. The lowest BCUT2D eigenvalue weighted by Crippen LogP contribution is -2.35. The molecule has 0 saturated carbocycles. The van der Waals surface area contributed by atoms with E-state index in [1.165, 1.54) is 9.80 Å². The van der Waals surface area contributed by atoms with Crippen LogP contribution in [0, 0.1) is 0 Å². The van der Waals surface area contributed by atoms with Crippen molar-refractivity contribution in [1.29, 1.82) is 0 Å². The van der Waals surface area contributed by atoms with Crippen LogP contribution in [0.15, 0.2) is 48.0 Å². The van der Waals surface area contributed by atoms with Gasteiger partial charge in [-0.05, 0) is 43.8 Å². The van der Waals surface area contributed by atoms with E-state index in [1.54, 1.807) is 48.2 Å². The number of aliphatic hydroxyl groups is 1. The van der Waals surface area contributed by atoms with E-state index in [1.807, 2.05) is 6.92 Å². The number of carbonyl (C=O) groups is 2. The Hall–Kier alpha value is -2.91. The Morgan fingerprint density at radius 2 is 1.97 bits per heavy atom. The van der Waals surface area contributed by atoms with Gasteiger partial charge in [0.2, 0.25) is 5.88 Å². The predicted molar refractivity (Wildman–Crippen MR) is 111 cm³/mol. The van der Waals surface area contributed by atoms with Crippen LogP contribution in [0.2, 0.25) is 0 Å². The number of rotatable bonds is 6. The zero-order valence-electron chi connectivity index (χ0n) is 16.3. The van der Waals surface area contributed by atoms with Crippen molar-refractivity contribution in [3.05, 3.63) is 48.0 Å². The number of aliphatic hydroxyl groups excluding tert-OH is 1. The highest BCUT2D eigenvalue weighted by atomic mass is 32.1. The minimum atomic E-state index is -0.567. The van der Waals surface area contributed by atoms with Crippen LogP contribution in [0.25, 0.3) is 0 Å². The van der Waals surface area contributed by atoms with Crippen LogP contribution in [-0.2, 0) is 9.53 Å². The highest BCUT2D eigenvalue weighted by molar-refractivity contribution is 7.80. The predicted octanol–water partition coefficient (Wildman–Crippen LogP) is 2.60. The Bertz CT molecular complexity index is 883. The summed E-state index contributed by atoms with van der Waals surface area (Å²) in [6, 6.07) is 7.10. The number of benzene rings is 1. The quantitative estimate of drug-likeness (QED) is 0.563. The molecule has 1 saturated heterocycles. The average molecular weight is 417 g/mol. The molecule has 0 spiro atoms. The first-order chi connectivity index (χ1) is 14.0. The summed E-state index contributed by atoms with van der Waals surface area (Å²) in [7, 11) is 0. The van der Waals surface area contributed by atoms with Crippen molar-refractivity contribution in [1.82, 2.24) is 9.80 Å². The molecule has 1 fully saturated rings. The van der Waals surface area contributed by atoms with Gasteiger partial charge >= 0.3 is 6.09 Å². The molecule has 2 amide bonds. The molecular formula is C20H23N3O5S. The average Bonchev–Trinajstić information content (AvgIpc) is 3.18. The van der Waals surface area contributed by atoms with E-state index in [0.717, 1.165) is 6.42 Å². The first kappa shape index (κ1) is 20.8. The fourth-order valence-corrected chi connectivity index (χ4v) is 3.49. The maximum atomic E-state index is 12.8. The number of ether oxygens (including phenoxy) is 2. The first-order valence-corrected chi connectivity index (χ1v) is 9.84. The molecule has 29 heavy (non-hydrogen) atoms. The van der Waals surface area contributed by atoms with Gasteiger partial charge in [-0.25, -0.2) is 9.69 Å². The van der Waals surface area contributed by atoms with Crippen LogP contribution in [-0.4, -0.2) is 58.3 Å². The smallest absolute Gasteiger partial charge is 0.421 e. The number of hydrogen-bond acceptors (Lipinski definition) is 6. The van der Waals surface area contributed by atoms with Crippen molar-refractivity contribution in [2.75, 3.05) is 31.2 Å². The Morgan fingerprint density at radius 3 is 2.66 bits per heavy atom. The fraction of sp³-hybridized carbons (Fsp3) is 0.350. The number of carbonyl (C=O) groups excluding carboxylic acids is 2. The number of allylic oxidation sites excluding steroid dienone is 2. The van der Waals surface area contributed by atoms with Gasteiger partial charge in [-0.15, -0.1) is 0 Å². The molecule has 1 N–H and O–H groups in total. The van der Waals surface area contributed by atoms with Crippen LogP contribution in [0.4, 0.5) is 10.5 Å². The van der Waals surface area contributed by atoms with Gasteiger partial charge in [0.25, 0.3) is 5.91 Å². The molecule has 1 aromatic carbocycles. The van der Waals surface area contributed by atoms with Gasteiger partial charge in [-0.3, -0.25) is 9.69 Å². The molecule has 1 aromatic rings. The standard InChI is InChI=1S/C20H23N3O5S/c1-3-11-21-15(18(25)22(12-13-24)19(21)29)9-10-17-23(20(26)27-4-2)14-7-5-6-8-16(14)28-17/h5-10,24H,3-4,11-13H2,1-2H3/b15-9-,17-10+. The van der Waals surface area contributed by atoms with E-state index in [9.17, 15) is 14.7 Å². The van der Waals surface area contributed by atoms with Crippen molar-refractivity contribution in [3.63, 3.8) is 0 Å². The minimum absolute atomic E-state index is 0.128. The van der Waals surface area contributed by atoms with Crippen LogP contribution >= 0.6 is 12.2 Å². The number of fused-ring (bicyclic) bond motifs is 1. The molecule has 154 valence electrons. The molecule has 0 aliphatic carbocycles. The summed E-state index contributed by atoms with van der Waals surface area (Å²) >= 11 is 5.39. The van der Waals surface area contributed by atoms with E-state index in [4.69, 9.17) is 21.7 Å². The molecule has 0 aromatic heterocycles. The Kier molecular flexibility index (Phi) is 6.50. The third-order valence-corrected chi connectivity index (χ3v) is 4.80. The Balaban J connectivity index is 1.97. The van der Waals surface area contributed by atoms with Crippen molar-refractivity contribution >= 4 is 35.0 Å². The highest BCUT2D eigenvalue weighted by Gasteiger charge is 2.37. The van der Waals surface area contributed by atoms with E-state index in [-0.39, 0.29) is 31.5 Å². The van der Waals surface area contributed by atoms with E-state index in [2.05, 4.69) is 0 Å². The largest absolute Gasteiger partial charge is 0.449 e. The number of amides is 2. The summed E-state index contributed by atoms with van der Waals surface area (Å²) in [6.45, 7) is 4.43. The van der Waals surface area contributed by atoms with E-state index >= 15 is 0 Å². The van der Waals surface area contributed by atoms with E-state index < -0.39 is 6.09 Å². The molecule has 2 aliphatic heterocycles. The zero-order valence-corrected chi connectivity index (χ0v) is 17.1. The summed E-state index contributed by atoms with van der Waals surface area (Å²) in [5.41, 5.74) is 0.928. The number of β-amino-alcohol motifs (C(OH)–C–C–N with tert-alkyl or cyclic N) is 1. The lowest BCUT2D eigenvalue weighted by Gasteiger charge is -2.19. The van der Waals surface area contributed by atoms with Gasteiger partial charge in [-0.1, -0.05) is 19.1 Å². The van der Waals surface area contributed by atoms with Crippen molar-refractivity contribution < 1.29 is 24.2 Å². The fourth-order valence-electron chi connectivity index (χ4n) is 3.13. The molecule has 8 nitrogen and oxygen atoms in total. The van der Waals surface area contributed by atoms with Crippen molar-refractivity contribution in [2.24, 2.45) is 0 Å². The van der Waals surface area contributed by atoms with Gasteiger partial charge in [-0.2, -0.15) is 0 Å². The maximum Gasteiger partial charge on any atom is 0.421 e. The van der Waals surface area contributed by atoms with E-state index in [0.29, 0.717) is 28.8 Å². The first-order valence-electron chi connectivity index (χ1n) is 9.43. The Morgan fingerprint density at radius 1 is 1.21 bits per heavy atom. The van der Waals surface area contributed by atoms with Gasteiger partial charge in [0.05, 0.1) is 25.4 Å². The zero-order chi connectivity index (χ0) is 21.0. The normalized spacial score (nSPS) is 18.7. The summed E-state index contributed by atoms with van der Waals surface area (Å²) in [5.74, 6) is 0.450. The third kappa shape index (κ3) is 3.96. The molecular weight excluding hydrogens is 394 g/mol. The minimum Gasteiger partial charge on any atom is -0.449 e. The van der Waals surface area contributed by atoms with Gasteiger partial charge < -0.3 is 19.5 Å². The summed E-state index contributed by atoms with van der Waals surface area (Å²) in [6.07, 6.45) is 3.35. The van der Waals surface area contributed by atoms with Crippen molar-refractivity contribution in [2.45, 2.75) is 20.3 Å². The number of anilines is 1. The summed E-state index contributed by atoms with van der Waals surface area (Å²) < 4.78 is 10.9. The molecule has 3 rings (SSSR count). The second kappa shape index (κ2) is 9.06.